The summed E-state index contributed by atoms with van der Waals surface area (Å²) >= 11 is 0. The highest BCUT2D eigenvalue weighted by atomic mass is 19.1. The van der Waals surface area contributed by atoms with E-state index in [0.717, 1.165) is 5.56 Å². The summed E-state index contributed by atoms with van der Waals surface area (Å²) in [5, 5.41) is 6.15. The molecule has 0 aromatic heterocycles. The zero-order valence-electron chi connectivity index (χ0n) is 14.7. The zero-order chi connectivity index (χ0) is 18.2. The number of nitrogens with zero attached hydrogens (tertiary/aromatic N) is 1. The van der Waals surface area contributed by atoms with E-state index in [0.29, 0.717) is 18.0 Å². The molecule has 26 heavy (non-hydrogen) atoms. The number of amides is 1. The van der Waals surface area contributed by atoms with Gasteiger partial charge in [0.1, 0.15) is 5.82 Å². The predicted molar refractivity (Wildman–Crippen MR) is 101 cm³/mol. The van der Waals surface area contributed by atoms with Gasteiger partial charge in [0.25, 0.3) is 0 Å². The van der Waals surface area contributed by atoms with E-state index >= 15 is 0 Å². The Morgan fingerprint density at radius 2 is 1.77 bits per heavy atom. The second-order valence-electron chi connectivity index (χ2n) is 6.58. The molecule has 1 amide bonds. The molecule has 0 spiro atoms. The molecule has 136 valence electrons. The van der Waals surface area contributed by atoms with E-state index < -0.39 is 6.09 Å². The molecule has 0 heterocycles. The minimum atomic E-state index is -0.708. The Morgan fingerprint density at radius 1 is 1.08 bits per heavy atom. The monoisotopic (exact) mass is 354 g/mol. The minimum absolute atomic E-state index is 0.364. The van der Waals surface area contributed by atoms with Crippen LogP contribution in [0.3, 0.4) is 0 Å². The van der Waals surface area contributed by atoms with Crippen LogP contribution in [0, 0.1) is 5.82 Å². The van der Waals surface area contributed by atoms with Gasteiger partial charge in [-0.2, -0.15) is 0 Å². The molecule has 1 N–H and O–H groups in total. The molecule has 0 atom stereocenters. The van der Waals surface area contributed by atoms with Crippen LogP contribution in [0.2, 0.25) is 0 Å². The number of halogens is 1. The van der Waals surface area contributed by atoms with Crippen molar-refractivity contribution in [2.24, 2.45) is 5.16 Å². The van der Waals surface area contributed by atoms with Crippen molar-refractivity contribution in [3.05, 3.63) is 65.5 Å². The summed E-state index contributed by atoms with van der Waals surface area (Å²) in [6, 6.07) is 14.0. The molecule has 4 nitrogen and oxygen atoms in total. The number of nitrogens with one attached hydrogen (secondary N) is 1. The first-order valence-corrected chi connectivity index (χ1v) is 9.05. The molecule has 0 bridgehead atoms. The Bertz CT molecular complexity index is 736. The minimum Gasteiger partial charge on any atom is -0.298 e. The first-order valence-electron chi connectivity index (χ1n) is 9.05. The van der Waals surface area contributed by atoms with Gasteiger partial charge in [0.2, 0.25) is 0 Å². The highest BCUT2D eigenvalue weighted by Gasteiger charge is 2.14. The molecule has 0 radical (unpaired) electrons. The quantitative estimate of drug-likeness (QED) is 0.428. The highest BCUT2D eigenvalue weighted by molar-refractivity contribution is 5.84. The van der Waals surface area contributed by atoms with Crippen LogP contribution in [0.25, 0.3) is 0 Å². The van der Waals surface area contributed by atoms with E-state index in [-0.39, 0.29) is 5.82 Å². The molecule has 5 heteroatoms. The fourth-order valence-electron chi connectivity index (χ4n) is 3.26. The highest BCUT2D eigenvalue weighted by Crippen LogP contribution is 2.32. The number of hydrogen-bond donors (Lipinski definition) is 1. The molecule has 3 rings (SSSR count). The average Bonchev–Trinajstić information content (AvgIpc) is 2.68. The van der Waals surface area contributed by atoms with Crippen LogP contribution in [0.4, 0.5) is 14.9 Å². The number of oxime groups is 1. The summed E-state index contributed by atoms with van der Waals surface area (Å²) in [6.45, 7) is 0. The molecular formula is C21H23FN2O2. The third-order valence-corrected chi connectivity index (χ3v) is 4.68. The van der Waals surface area contributed by atoms with Gasteiger partial charge in [0.15, 0.2) is 0 Å². The summed E-state index contributed by atoms with van der Waals surface area (Å²) in [5.41, 5.74) is 2.99. The van der Waals surface area contributed by atoms with Gasteiger partial charge in [0.05, 0.1) is 0 Å². The summed E-state index contributed by atoms with van der Waals surface area (Å²) in [6.07, 6.45) is 8.04. The van der Waals surface area contributed by atoms with Crippen LogP contribution in [-0.2, 0) is 11.3 Å². The number of carbonyl (C=O) groups is 1. The largest absolute Gasteiger partial charge is 0.437 e. The van der Waals surface area contributed by atoms with Crippen LogP contribution in [0.15, 0.2) is 53.7 Å². The lowest BCUT2D eigenvalue weighted by molar-refractivity contribution is 0.167. The summed E-state index contributed by atoms with van der Waals surface area (Å²) in [4.78, 5) is 16.3. The summed E-state index contributed by atoms with van der Waals surface area (Å²) in [7, 11) is 0. The summed E-state index contributed by atoms with van der Waals surface area (Å²) < 4.78 is 12.8. The van der Waals surface area contributed by atoms with Crippen molar-refractivity contribution in [2.75, 3.05) is 5.32 Å². The van der Waals surface area contributed by atoms with Crippen molar-refractivity contribution in [3.8, 4) is 0 Å². The van der Waals surface area contributed by atoms with Crippen LogP contribution in [-0.4, -0.2) is 12.3 Å². The average molecular weight is 354 g/mol. The van der Waals surface area contributed by atoms with Crippen LogP contribution >= 0.6 is 0 Å². The third-order valence-electron chi connectivity index (χ3n) is 4.68. The van der Waals surface area contributed by atoms with Gasteiger partial charge >= 0.3 is 6.09 Å². The lowest BCUT2D eigenvalue weighted by Crippen LogP contribution is -2.10. The third kappa shape index (κ3) is 5.41. The Hall–Kier alpha value is -2.69. The summed E-state index contributed by atoms with van der Waals surface area (Å²) in [5.74, 6) is 0.335. The molecule has 0 unspecified atom stereocenters. The van der Waals surface area contributed by atoms with E-state index in [9.17, 15) is 9.18 Å². The standard InChI is InChI=1S/C21H23FN2O2/c22-19-10-12-20(13-11-19)24-21(25)26-23-15-14-16-6-8-18(9-7-16)17-4-2-1-3-5-17/h6-13,15,17H,1-5,14H2,(H,24,25). The topological polar surface area (TPSA) is 50.7 Å². The van der Waals surface area contributed by atoms with Crippen LogP contribution in [0.1, 0.15) is 49.1 Å². The Morgan fingerprint density at radius 3 is 2.46 bits per heavy atom. The van der Waals surface area contributed by atoms with Gasteiger partial charge < -0.3 is 0 Å². The maximum atomic E-state index is 12.8. The van der Waals surface area contributed by atoms with E-state index in [2.05, 4.69) is 34.7 Å². The first kappa shape index (κ1) is 18.1. The Balaban J connectivity index is 1.43. The maximum absolute atomic E-state index is 12.8. The predicted octanol–water partition coefficient (Wildman–Crippen LogP) is 5.65. The van der Waals surface area contributed by atoms with E-state index in [4.69, 9.17) is 4.84 Å². The van der Waals surface area contributed by atoms with Crippen molar-refractivity contribution in [1.82, 2.24) is 0 Å². The van der Waals surface area contributed by atoms with Crippen molar-refractivity contribution in [2.45, 2.75) is 44.4 Å². The number of rotatable bonds is 5. The van der Waals surface area contributed by atoms with Gasteiger partial charge in [-0.3, -0.25) is 10.2 Å². The molecule has 0 saturated heterocycles. The molecule has 1 saturated carbocycles. The van der Waals surface area contributed by atoms with Gasteiger partial charge in [-0.25, -0.2) is 9.18 Å². The molecule has 2 aromatic carbocycles. The number of carbonyl (C=O) groups excluding carboxylic acids is 1. The van der Waals surface area contributed by atoms with Gasteiger partial charge in [0, 0.05) is 18.3 Å². The van der Waals surface area contributed by atoms with Gasteiger partial charge in [-0.05, 0) is 54.2 Å². The Kier molecular flexibility index (Phi) is 6.36. The first-order chi connectivity index (χ1) is 12.7. The lowest BCUT2D eigenvalue weighted by Gasteiger charge is -2.22. The van der Waals surface area contributed by atoms with E-state index in [1.54, 1.807) is 6.21 Å². The maximum Gasteiger partial charge on any atom is 0.437 e. The van der Waals surface area contributed by atoms with E-state index in [1.807, 2.05) is 0 Å². The number of hydrogen-bond acceptors (Lipinski definition) is 3. The van der Waals surface area contributed by atoms with Crippen LogP contribution < -0.4 is 5.32 Å². The molecule has 1 aliphatic carbocycles. The second-order valence-corrected chi connectivity index (χ2v) is 6.58. The number of benzene rings is 2. The van der Waals surface area contributed by atoms with Crippen molar-refractivity contribution >= 4 is 18.0 Å². The Labute approximate surface area is 153 Å². The van der Waals surface area contributed by atoms with Gasteiger partial charge in [-0.15, -0.1) is 0 Å². The zero-order valence-corrected chi connectivity index (χ0v) is 14.7. The number of anilines is 1. The molecule has 1 aliphatic rings. The fraction of sp³-hybridized carbons (Fsp3) is 0.333. The smallest absolute Gasteiger partial charge is 0.298 e. The fourth-order valence-corrected chi connectivity index (χ4v) is 3.26. The second kappa shape index (κ2) is 9.13. The normalized spacial score (nSPS) is 15.1. The molecule has 2 aromatic rings. The lowest BCUT2D eigenvalue weighted by atomic mass is 9.84. The van der Waals surface area contributed by atoms with Crippen molar-refractivity contribution in [1.29, 1.82) is 0 Å². The van der Waals surface area contributed by atoms with Crippen LogP contribution in [0.5, 0.6) is 0 Å². The van der Waals surface area contributed by atoms with Crippen molar-refractivity contribution in [3.63, 3.8) is 0 Å². The van der Waals surface area contributed by atoms with Crippen molar-refractivity contribution < 1.29 is 14.0 Å². The van der Waals surface area contributed by atoms with E-state index in [1.165, 1.54) is 61.9 Å². The van der Waals surface area contributed by atoms with Gasteiger partial charge in [-0.1, -0.05) is 48.7 Å². The molecular weight excluding hydrogens is 331 g/mol. The molecule has 1 fully saturated rings. The SMILES string of the molecule is O=C(Nc1ccc(F)cc1)ON=CCc1ccc(C2CCCCC2)cc1. The molecule has 0 aliphatic heterocycles.